The summed E-state index contributed by atoms with van der Waals surface area (Å²) in [5.41, 5.74) is 9.22. The summed E-state index contributed by atoms with van der Waals surface area (Å²) < 4.78 is 0. The Bertz CT molecular complexity index is 2170. The molecule has 0 unspecified atom stereocenters. The van der Waals surface area contributed by atoms with Crippen molar-refractivity contribution in [1.82, 2.24) is 9.97 Å². The number of phenolic OH excluding ortho intramolecular Hbond substituents is 2. The molecule has 2 N–H and O–H groups in total. The third-order valence-electron chi connectivity index (χ3n) is 8.25. The van der Waals surface area contributed by atoms with Crippen molar-refractivity contribution in [3.05, 3.63) is 133 Å². The number of benzene rings is 5. The van der Waals surface area contributed by atoms with Gasteiger partial charge in [-0.2, -0.15) is 0 Å². The number of aromatic hydroxyl groups is 2. The minimum Gasteiger partial charge on any atom is -0.507 e. The van der Waals surface area contributed by atoms with Crippen LogP contribution in [0.4, 0.5) is 0 Å². The Labute approximate surface area is 277 Å². The summed E-state index contributed by atoms with van der Waals surface area (Å²) in [6.07, 6.45) is 0. The summed E-state index contributed by atoms with van der Waals surface area (Å²) in [7, 11) is 0. The number of fused-ring (bicyclic) bond motifs is 3. The summed E-state index contributed by atoms with van der Waals surface area (Å²) in [5.74, 6) is 0.345. The zero-order valence-corrected chi connectivity index (χ0v) is 27.5. The number of rotatable bonds is 4. The van der Waals surface area contributed by atoms with Crippen molar-refractivity contribution < 1.29 is 31.3 Å². The van der Waals surface area contributed by atoms with Crippen LogP contribution in [0, 0.1) is 0 Å². The number of aromatic nitrogens is 2. The van der Waals surface area contributed by atoms with Crippen LogP contribution >= 0.6 is 0 Å². The van der Waals surface area contributed by atoms with Crippen LogP contribution in [0.1, 0.15) is 26.3 Å². The molecule has 0 aliphatic carbocycles. The van der Waals surface area contributed by atoms with Crippen LogP contribution in [0.25, 0.3) is 66.6 Å². The standard InChI is InChI=1S/C40H32N2O2.Pt/c1-40(2,3)27-18-21-37(44)33(22-27)35-24-32(26-14-8-5-9-15-26)29-20-19-28-31(25-12-6-4-7-13-25)23-34(41-38(28)39(29)42-35)30-16-10-11-17-36(30)43;/h4-24,43-44H,1-3H3;. The molecular weight excluding hydrogens is 736 g/mol. The molecule has 5 heteroatoms. The van der Waals surface area contributed by atoms with E-state index in [-0.39, 0.29) is 38.0 Å². The third-order valence-corrected chi connectivity index (χ3v) is 8.25. The van der Waals surface area contributed by atoms with E-state index in [0.29, 0.717) is 22.5 Å². The molecule has 2 aromatic heterocycles. The zero-order valence-electron chi connectivity index (χ0n) is 25.2. The molecule has 7 aromatic rings. The Morgan fingerprint density at radius 2 is 0.933 bits per heavy atom. The SMILES string of the molecule is CC(C)(C)c1ccc(O)c(-c2cc(-c3ccccc3)c3ccc4c(-c5ccccc5)cc(-c5ccccc5O)nc4c3n2)c1.[Pt]. The first-order chi connectivity index (χ1) is 21.3. The largest absolute Gasteiger partial charge is 0.507 e. The Balaban J connectivity index is 0.00000357. The Morgan fingerprint density at radius 1 is 0.467 bits per heavy atom. The van der Waals surface area contributed by atoms with Gasteiger partial charge in [-0.1, -0.05) is 112 Å². The smallest absolute Gasteiger partial charge is 0.124 e. The quantitative estimate of drug-likeness (QED) is 0.175. The zero-order chi connectivity index (χ0) is 30.4. The predicted molar refractivity (Wildman–Crippen MR) is 181 cm³/mol. The van der Waals surface area contributed by atoms with Gasteiger partial charge in [0, 0.05) is 43.0 Å². The van der Waals surface area contributed by atoms with E-state index in [0.717, 1.165) is 49.6 Å². The fraction of sp³-hybridized carbons (Fsp3) is 0.100. The molecular formula is C40H32N2O2Pt. The second-order valence-corrected chi connectivity index (χ2v) is 12.2. The summed E-state index contributed by atoms with van der Waals surface area (Å²) in [5, 5.41) is 23.9. The molecule has 0 saturated carbocycles. The Kier molecular flexibility index (Phi) is 8.03. The van der Waals surface area contributed by atoms with Crippen molar-refractivity contribution in [2.24, 2.45) is 0 Å². The first kappa shape index (κ1) is 30.2. The van der Waals surface area contributed by atoms with E-state index in [4.69, 9.17) is 9.97 Å². The van der Waals surface area contributed by atoms with E-state index in [9.17, 15) is 10.2 Å². The van der Waals surface area contributed by atoms with Gasteiger partial charge < -0.3 is 10.2 Å². The predicted octanol–water partition coefficient (Wildman–Crippen LogP) is 10.2. The topological polar surface area (TPSA) is 66.2 Å². The van der Waals surface area contributed by atoms with Crippen molar-refractivity contribution >= 4 is 21.8 Å². The van der Waals surface area contributed by atoms with Crippen molar-refractivity contribution in [1.29, 1.82) is 0 Å². The van der Waals surface area contributed by atoms with Crippen LogP contribution in [0.5, 0.6) is 11.5 Å². The molecule has 5 aromatic carbocycles. The minimum absolute atomic E-state index is 0. The van der Waals surface area contributed by atoms with Crippen molar-refractivity contribution in [2.75, 3.05) is 0 Å². The van der Waals surface area contributed by atoms with Gasteiger partial charge in [0.1, 0.15) is 11.5 Å². The monoisotopic (exact) mass is 767 g/mol. The summed E-state index contributed by atoms with van der Waals surface area (Å²) in [6.45, 7) is 6.49. The molecule has 2 heterocycles. The average Bonchev–Trinajstić information content (AvgIpc) is 3.04. The van der Waals surface area contributed by atoms with Crippen LogP contribution in [0.3, 0.4) is 0 Å². The van der Waals surface area contributed by atoms with Crippen molar-refractivity contribution in [2.45, 2.75) is 26.2 Å². The van der Waals surface area contributed by atoms with E-state index in [1.807, 2.05) is 72.8 Å². The minimum atomic E-state index is -0.104. The number of hydrogen-bond acceptors (Lipinski definition) is 4. The molecule has 0 bridgehead atoms. The van der Waals surface area contributed by atoms with E-state index in [1.165, 1.54) is 0 Å². The van der Waals surface area contributed by atoms with Crippen LogP contribution in [0.15, 0.2) is 127 Å². The molecule has 224 valence electrons. The van der Waals surface area contributed by atoms with Gasteiger partial charge >= 0.3 is 0 Å². The molecule has 0 aliphatic heterocycles. The molecule has 0 atom stereocenters. The summed E-state index contributed by atoms with van der Waals surface area (Å²) in [4.78, 5) is 10.4. The molecule has 0 spiro atoms. The fourth-order valence-electron chi connectivity index (χ4n) is 5.86. The van der Waals surface area contributed by atoms with E-state index in [2.05, 4.69) is 63.2 Å². The number of pyridine rings is 2. The maximum Gasteiger partial charge on any atom is 0.124 e. The normalized spacial score (nSPS) is 11.4. The maximum absolute atomic E-state index is 11.1. The number of para-hydroxylation sites is 1. The first-order valence-electron chi connectivity index (χ1n) is 14.8. The third kappa shape index (κ3) is 5.63. The van der Waals surface area contributed by atoms with Crippen molar-refractivity contribution in [3.8, 4) is 56.3 Å². The van der Waals surface area contributed by atoms with Crippen LogP contribution in [-0.4, -0.2) is 20.2 Å². The van der Waals surface area contributed by atoms with Gasteiger partial charge in [0.25, 0.3) is 0 Å². The van der Waals surface area contributed by atoms with Gasteiger partial charge in [-0.3, -0.25) is 0 Å². The van der Waals surface area contributed by atoms with Gasteiger partial charge in [-0.05, 0) is 69.6 Å². The van der Waals surface area contributed by atoms with E-state index in [1.54, 1.807) is 12.1 Å². The maximum atomic E-state index is 11.1. The van der Waals surface area contributed by atoms with Gasteiger partial charge in [-0.25, -0.2) is 9.97 Å². The Morgan fingerprint density at radius 3 is 1.44 bits per heavy atom. The van der Waals surface area contributed by atoms with E-state index < -0.39 is 0 Å². The van der Waals surface area contributed by atoms with Crippen LogP contribution < -0.4 is 0 Å². The molecule has 7 rings (SSSR count). The molecule has 0 aliphatic rings. The van der Waals surface area contributed by atoms with Crippen molar-refractivity contribution in [3.63, 3.8) is 0 Å². The van der Waals surface area contributed by atoms with Gasteiger partial charge in [0.2, 0.25) is 0 Å². The molecule has 0 radical (unpaired) electrons. The second kappa shape index (κ2) is 12.0. The number of hydrogen-bond donors (Lipinski definition) is 2. The van der Waals surface area contributed by atoms with Crippen LogP contribution in [-0.2, 0) is 26.5 Å². The second-order valence-electron chi connectivity index (χ2n) is 12.2. The Hall–Kier alpha value is -4.79. The summed E-state index contributed by atoms with van der Waals surface area (Å²) in [6, 6.07) is 41.9. The van der Waals surface area contributed by atoms with E-state index >= 15 is 0 Å². The number of phenols is 2. The fourth-order valence-corrected chi connectivity index (χ4v) is 5.86. The molecule has 0 saturated heterocycles. The molecule has 45 heavy (non-hydrogen) atoms. The van der Waals surface area contributed by atoms with Crippen LogP contribution in [0.2, 0.25) is 0 Å². The summed E-state index contributed by atoms with van der Waals surface area (Å²) >= 11 is 0. The number of nitrogens with zero attached hydrogens (tertiary/aromatic N) is 2. The molecule has 4 nitrogen and oxygen atoms in total. The molecule has 0 amide bonds. The molecule has 0 fully saturated rings. The van der Waals surface area contributed by atoms with Gasteiger partial charge in [0.05, 0.1) is 22.4 Å². The first-order valence-corrected chi connectivity index (χ1v) is 14.8. The average molecular weight is 768 g/mol. The van der Waals surface area contributed by atoms with Gasteiger partial charge in [-0.15, -0.1) is 0 Å². The van der Waals surface area contributed by atoms with Gasteiger partial charge in [0.15, 0.2) is 0 Å².